The molecule has 0 unspecified atom stereocenters. The molecular weight excluding hydrogens is 292 g/mol. The van der Waals surface area contributed by atoms with E-state index in [1.54, 1.807) is 0 Å². The lowest BCUT2D eigenvalue weighted by Gasteiger charge is -2.42. The topological polar surface area (TPSA) is 55.4 Å². The third kappa shape index (κ3) is 3.91. The zero-order valence-electron chi connectivity index (χ0n) is 14.5. The molecule has 0 aromatic heterocycles. The largest absolute Gasteiger partial charge is 0.465 e. The van der Waals surface area contributed by atoms with E-state index in [0.29, 0.717) is 4.48 Å². The molecule has 1 saturated heterocycles. The van der Waals surface area contributed by atoms with Gasteiger partial charge in [0.05, 0.1) is 20.7 Å². The van der Waals surface area contributed by atoms with Crippen molar-refractivity contribution in [3.8, 4) is 0 Å². The monoisotopic (exact) mass is 319 g/mol. The van der Waals surface area contributed by atoms with Crippen molar-refractivity contribution in [2.45, 2.75) is 39.2 Å². The summed E-state index contributed by atoms with van der Waals surface area (Å²) in [5.41, 5.74) is 2.99. The summed E-state index contributed by atoms with van der Waals surface area (Å²) in [5.74, 6) is -0.271. The zero-order chi connectivity index (χ0) is 17.0. The second-order valence-corrected chi connectivity index (χ2v) is 6.70. The summed E-state index contributed by atoms with van der Waals surface area (Å²) >= 11 is 0. The average molecular weight is 319 g/mol. The molecule has 1 fully saturated rings. The molecule has 2 rings (SSSR count). The van der Waals surface area contributed by atoms with Crippen molar-refractivity contribution < 1.29 is 18.8 Å². The van der Waals surface area contributed by atoms with Crippen LogP contribution < -0.4 is 5.32 Å². The number of anilines is 1. The molecule has 5 nitrogen and oxygen atoms in total. The van der Waals surface area contributed by atoms with Crippen LogP contribution >= 0.6 is 0 Å². The van der Waals surface area contributed by atoms with Gasteiger partial charge in [0.1, 0.15) is 0 Å². The maximum Gasteiger partial charge on any atom is 0.361 e. The molecule has 0 aliphatic carbocycles. The number of hydrogen-bond donors (Lipinski definition) is 1. The van der Waals surface area contributed by atoms with E-state index in [-0.39, 0.29) is 24.5 Å². The highest BCUT2D eigenvalue weighted by atomic mass is 16.5. The first-order valence-electron chi connectivity index (χ1n) is 8.15. The lowest BCUT2D eigenvalue weighted by molar-refractivity contribution is -0.922. The van der Waals surface area contributed by atoms with Gasteiger partial charge in [-0.1, -0.05) is 18.2 Å². The second kappa shape index (κ2) is 7.13. The SMILES string of the molecule is COC(=O)C[N@+]1(C)CCCC[C@@H]1C(=O)Nc1c(C)cccc1C. The molecule has 1 amide bonds. The van der Waals surface area contributed by atoms with Crippen LogP contribution in [0.5, 0.6) is 0 Å². The highest BCUT2D eigenvalue weighted by Crippen LogP contribution is 2.27. The molecule has 23 heavy (non-hydrogen) atoms. The normalized spacial score (nSPS) is 24.1. The van der Waals surface area contributed by atoms with Crippen molar-refractivity contribution in [3.05, 3.63) is 29.3 Å². The van der Waals surface area contributed by atoms with E-state index in [0.717, 1.165) is 42.6 Å². The third-order valence-electron chi connectivity index (χ3n) is 4.90. The number of quaternary nitrogens is 1. The molecule has 0 bridgehead atoms. The molecule has 126 valence electrons. The van der Waals surface area contributed by atoms with Gasteiger partial charge in [-0.25, -0.2) is 4.79 Å². The minimum atomic E-state index is -0.265. The van der Waals surface area contributed by atoms with Gasteiger partial charge in [-0.15, -0.1) is 0 Å². The molecule has 5 heteroatoms. The van der Waals surface area contributed by atoms with Gasteiger partial charge in [-0.05, 0) is 37.8 Å². The zero-order valence-corrected chi connectivity index (χ0v) is 14.5. The lowest BCUT2D eigenvalue weighted by Crippen LogP contribution is -2.61. The number of likely N-dealkylation sites (N-methyl/N-ethyl adjacent to an activating group) is 1. The highest BCUT2D eigenvalue weighted by molar-refractivity contribution is 5.95. The first kappa shape index (κ1) is 17.5. The van der Waals surface area contributed by atoms with Gasteiger partial charge < -0.3 is 14.5 Å². The number of piperidine rings is 1. The second-order valence-electron chi connectivity index (χ2n) is 6.70. The van der Waals surface area contributed by atoms with Crippen LogP contribution in [0.2, 0.25) is 0 Å². The number of nitrogens with zero attached hydrogens (tertiary/aromatic N) is 1. The molecule has 1 aromatic carbocycles. The Morgan fingerprint density at radius 3 is 2.52 bits per heavy atom. The average Bonchev–Trinajstić information content (AvgIpc) is 2.50. The quantitative estimate of drug-likeness (QED) is 0.685. The maximum absolute atomic E-state index is 12.9. The molecule has 1 N–H and O–H groups in total. The Bertz CT molecular complexity index is 580. The number of aryl methyl sites for hydroxylation is 2. The van der Waals surface area contributed by atoms with E-state index in [2.05, 4.69) is 5.32 Å². The highest BCUT2D eigenvalue weighted by Gasteiger charge is 2.42. The number of amides is 1. The number of para-hydroxylation sites is 1. The first-order chi connectivity index (χ1) is 10.9. The van der Waals surface area contributed by atoms with Crippen molar-refractivity contribution in [1.29, 1.82) is 0 Å². The predicted octanol–water partition coefficient (Wildman–Crippen LogP) is 2.41. The summed E-state index contributed by atoms with van der Waals surface area (Å²) in [7, 11) is 3.37. The molecule has 0 saturated carbocycles. The van der Waals surface area contributed by atoms with Crippen LogP contribution in [0, 0.1) is 13.8 Å². The van der Waals surface area contributed by atoms with Gasteiger partial charge in [0.25, 0.3) is 5.91 Å². The molecule has 1 aliphatic heterocycles. The number of rotatable bonds is 4. The van der Waals surface area contributed by atoms with Crippen molar-refractivity contribution >= 4 is 17.6 Å². The number of likely N-dealkylation sites (tertiary alicyclic amines) is 1. The van der Waals surface area contributed by atoms with Gasteiger partial charge in [0.15, 0.2) is 12.6 Å². The Morgan fingerprint density at radius 1 is 1.26 bits per heavy atom. The summed E-state index contributed by atoms with van der Waals surface area (Å²) in [6, 6.07) is 5.75. The van der Waals surface area contributed by atoms with Gasteiger partial charge in [0.2, 0.25) is 0 Å². The molecule has 1 aromatic rings. The van der Waals surface area contributed by atoms with E-state index in [9.17, 15) is 9.59 Å². The minimum Gasteiger partial charge on any atom is -0.465 e. The number of hydrogen-bond acceptors (Lipinski definition) is 3. The number of carbonyl (C=O) groups is 2. The van der Waals surface area contributed by atoms with Crippen molar-refractivity contribution in [3.63, 3.8) is 0 Å². The fourth-order valence-corrected chi connectivity index (χ4v) is 3.46. The number of ether oxygens (including phenoxy) is 1. The molecule has 0 spiro atoms. The fourth-order valence-electron chi connectivity index (χ4n) is 3.46. The summed E-state index contributed by atoms with van der Waals surface area (Å²) in [6.45, 7) is 5.04. The molecule has 1 heterocycles. The summed E-state index contributed by atoms with van der Waals surface area (Å²) in [5, 5.41) is 3.09. The Labute approximate surface area is 138 Å². The summed E-state index contributed by atoms with van der Waals surface area (Å²) in [6.07, 6.45) is 2.84. The number of benzene rings is 1. The molecular formula is C18H27N2O3+. The smallest absolute Gasteiger partial charge is 0.361 e. The molecule has 0 radical (unpaired) electrons. The Morgan fingerprint density at radius 2 is 1.91 bits per heavy atom. The lowest BCUT2D eigenvalue weighted by atomic mass is 9.97. The van der Waals surface area contributed by atoms with Gasteiger partial charge >= 0.3 is 5.97 Å². The van der Waals surface area contributed by atoms with Crippen LogP contribution in [-0.4, -0.2) is 49.6 Å². The van der Waals surface area contributed by atoms with Crippen LogP contribution in [0.3, 0.4) is 0 Å². The number of nitrogens with one attached hydrogen (secondary N) is 1. The van der Waals surface area contributed by atoms with Crippen LogP contribution in [-0.2, 0) is 14.3 Å². The summed E-state index contributed by atoms with van der Waals surface area (Å²) < 4.78 is 5.24. The molecule has 1 aliphatic rings. The third-order valence-corrected chi connectivity index (χ3v) is 4.90. The van der Waals surface area contributed by atoms with Gasteiger partial charge in [-0.2, -0.15) is 0 Å². The number of carbonyl (C=O) groups excluding carboxylic acids is 2. The number of esters is 1. The Hall–Kier alpha value is -1.88. The van der Waals surface area contributed by atoms with E-state index < -0.39 is 0 Å². The van der Waals surface area contributed by atoms with Crippen LogP contribution in [0.15, 0.2) is 18.2 Å². The minimum absolute atomic E-state index is 0.00602. The first-order valence-corrected chi connectivity index (χ1v) is 8.15. The van der Waals surface area contributed by atoms with Crippen LogP contribution in [0.25, 0.3) is 0 Å². The van der Waals surface area contributed by atoms with E-state index in [4.69, 9.17) is 4.74 Å². The van der Waals surface area contributed by atoms with Crippen molar-refractivity contribution in [2.75, 3.05) is 32.6 Å². The van der Waals surface area contributed by atoms with E-state index >= 15 is 0 Å². The van der Waals surface area contributed by atoms with E-state index in [1.807, 2.05) is 39.1 Å². The fraction of sp³-hybridized carbons (Fsp3) is 0.556. The van der Waals surface area contributed by atoms with E-state index in [1.165, 1.54) is 7.11 Å². The van der Waals surface area contributed by atoms with Gasteiger partial charge in [-0.3, -0.25) is 4.79 Å². The van der Waals surface area contributed by atoms with Crippen molar-refractivity contribution in [1.82, 2.24) is 0 Å². The predicted molar refractivity (Wildman–Crippen MR) is 90.1 cm³/mol. The van der Waals surface area contributed by atoms with Crippen molar-refractivity contribution in [2.24, 2.45) is 0 Å². The standard InChI is InChI=1S/C18H26N2O3/c1-13-8-7-9-14(2)17(13)19-18(22)15-10-5-6-11-20(15,3)12-16(21)23-4/h7-9,15H,5-6,10-12H2,1-4H3/p+1/t15-,20+/m1/s1. The van der Waals surface area contributed by atoms with Crippen LogP contribution in [0.4, 0.5) is 5.69 Å². The summed E-state index contributed by atoms with van der Waals surface area (Å²) in [4.78, 5) is 24.6. The van der Waals surface area contributed by atoms with Gasteiger partial charge in [0, 0.05) is 12.1 Å². The Kier molecular flexibility index (Phi) is 5.42. The maximum atomic E-state index is 12.9. The Balaban J connectivity index is 2.20. The van der Waals surface area contributed by atoms with Crippen LogP contribution in [0.1, 0.15) is 30.4 Å². The number of methoxy groups -OCH3 is 1. The molecule has 2 atom stereocenters.